The lowest BCUT2D eigenvalue weighted by molar-refractivity contribution is 0.251. The number of anilines is 1. The monoisotopic (exact) mass is 285 g/mol. The molecule has 20 heavy (non-hydrogen) atoms. The van der Waals surface area contributed by atoms with Crippen molar-refractivity contribution in [3.8, 4) is 6.07 Å². The summed E-state index contributed by atoms with van der Waals surface area (Å²) < 4.78 is 0. The first kappa shape index (κ1) is 13.9. The number of amides is 2. The Balaban J connectivity index is 1.93. The van der Waals surface area contributed by atoms with Crippen molar-refractivity contribution in [2.75, 3.05) is 5.32 Å². The van der Waals surface area contributed by atoms with Gasteiger partial charge in [-0.3, -0.25) is 0 Å². The van der Waals surface area contributed by atoms with Crippen LogP contribution in [-0.2, 0) is 6.54 Å². The number of rotatable bonds is 3. The highest BCUT2D eigenvalue weighted by Crippen LogP contribution is 2.22. The van der Waals surface area contributed by atoms with Crippen LogP contribution in [0.2, 0.25) is 5.02 Å². The molecule has 5 heteroatoms. The van der Waals surface area contributed by atoms with E-state index in [1.807, 2.05) is 36.4 Å². The van der Waals surface area contributed by atoms with Crippen molar-refractivity contribution in [2.24, 2.45) is 0 Å². The first-order valence-corrected chi connectivity index (χ1v) is 6.35. The number of carbonyl (C=O) groups is 1. The van der Waals surface area contributed by atoms with Gasteiger partial charge in [0.05, 0.1) is 22.3 Å². The highest BCUT2D eigenvalue weighted by molar-refractivity contribution is 6.33. The van der Waals surface area contributed by atoms with Gasteiger partial charge in [-0.05, 0) is 23.8 Å². The molecule has 100 valence electrons. The third-order valence-electron chi connectivity index (χ3n) is 2.64. The number of urea groups is 1. The summed E-state index contributed by atoms with van der Waals surface area (Å²) in [7, 11) is 0. The summed E-state index contributed by atoms with van der Waals surface area (Å²) in [5.41, 5.74) is 1.93. The van der Waals surface area contributed by atoms with Crippen molar-refractivity contribution >= 4 is 23.3 Å². The molecule has 0 bridgehead atoms. The van der Waals surface area contributed by atoms with Gasteiger partial charge in [-0.2, -0.15) is 5.26 Å². The standard InChI is InChI=1S/C15H12ClN3O/c16-13-8-12(9-17)6-7-14(13)19-15(20)18-10-11-4-2-1-3-5-11/h1-8H,10H2,(H2,18,19,20). The van der Waals surface area contributed by atoms with Crippen LogP contribution in [-0.4, -0.2) is 6.03 Å². The van der Waals surface area contributed by atoms with Crippen LogP contribution in [0.25, 0.3) is 0 Å². The maximum absolute atomic E-state index is 11.7. The molecular weight excluding hydrogens is 274 g/mol. The van der Waals surface area contributed by atoms with E-state index < -0.39 is 0 Å². The van der Waals surface area contributed by atoms with Crippen molar-refractivity contribution in [2.45, 2.75) is 6.54 Å². The van der Waals surface area contributed by atoms with Crippen LogP contribution in [0.3, 0.4) is 0 Å². The summed E-state index contributed by atoms with van der Waals surface area (Å²) in [5, 5.41) is 14.4. The predicted molar refractivity (Wildman–Crippen MR) is 78.5 cm³/mol. The summed E-state index contributed by atoms with van der Waals surface area (Å²) in [6.45, 7) is 0.431. The Hall–Kier alpha value is -2.51. The second-order valence-corrected chi connectivity index (χ2v) is 4.51. The van der Waals surface area contributed by atoms with Crippen LogP contribution in [0.4, 0.5) is 10.5 Å². The summed E-state index contributed by atoms with van der Waals surface area (Å²) in [6, 6.07) is 15.9. The first-order chi connectivity index (χ1) is 9.69. The molecule has 2 aromatic carbocycles. The van der Waals surface area contributed by atoms with Gasteiger partial charge < -0.3 is 10.6 Å². The van der Waals surface area contributed by atoms with Gasteiger partial charge in [-0.1, -0.05) is 41.9 Å². The molecule has 0 aromatic heterocycles. The van der Waals surface area contributed by atoms with Crippen LogP contribution >= 0.6 is 11.6 Å². The molecule has 2 N–H and O–H groups in total. The van der Waals surface area contributed by atoms with Crippen LogP contribution in [0.15, 0.2) is 48.5 Å². The Morgan fingerprint density at radius 1 is 1.20 bits per heavy atom. The molecule has 0 saturated carbocycles. The normalized spacial score (nSPS) is 9.60. The van der Waals surface area contributed by atoms with Crippen molar-refractivity contribution in [3.05, 3.63) is 64.7 Å². The third kappa shape index (κ3) is 3.74. The fourth-order valence-electron chi connectivity index (χ4n) is 1.63. The lowest BCUT2D eigenvalue weighted by Crippen LogP contribution is -2.28. The number of carbonyl (C=O) groups excluding carboxylic acids is 1. The van der Waals surface area contributed by atoms with Gasteiger partial charge in [0, 0.05) is 6.54 Å². The molecule has 2 rings (SSSR count). The Labute approximate surface area is 122 Å². The maximum atomic E-state index is 11.7. The minimum atomic E-state index is -0.347. The molecule has 0 spiro atoms. The van der Waals surface area contributed by atoms with Gasteiger partial charge in [0.1, 0.15) is 0 Å². The van der Waals surface area contributed by atoms with Crippen molar-refractivity contribution in [3.63, 3.8) is 0 Å². The summed E-state index contributed by atoms with van der Waals surface area (Å²) in [4.78, 5) is 11.7. The number of nitrogens with zero attached hydrogens (tertiary/aromatic N) is 1. The third-order valence-corrected chi connectivity index (χ3v) is 2.95. The molecule has 0 atom stereocenters. The van der Waals surface area contributed by atoms with E-state index in [9.17, 15) is 4.79 Å². The van der Waals surface area contributed by atoms with Gasteiger partial charge in [0.2, 0.25) is 0 Å². The topological polar surface area (TPSA) is 64.9 Å². The van der Waals surface area contributed by atoms with E-state index in [0.717, 1.165) is 5.56 Å². The molecule has 0 unspecified atom stereocenters. The number of hydrogen-bond donors (Lipinski definition) is 2. The van der Waals surface area contributed by atoms with E-state index in [1.165, 1.54) is 6.07 Å². The van der Waals surface area contributed by atoms with Gasteiger partial charge in [-0.15, -0.1) is 0 Å². The second-order valence-electron chi connectivity index (χ2n) is 4.10. The average molecular weight is 286 g/mol. The zero-order chi connectivity index (χ0) is 14.4. The molecule has 4 nitrogen and oxygen atoms in total. The summed E-state index contributed by atoms with van der Waals surface area (Å²) >= 11 is 5.98. The molecule has 0 aliphatic carbocycles. The average Bonchev–Trinajstić information content (AvgIpc) is 2.48. The SMILES string of the molecule is N#Cc1ccc(NC(=O)NCc2ccccc2)c(Cl)c1. The summed E-state index contributed by atoms with van der Waals surface area (Å²) in [5.74, 6) is 0. The smallest absolute Gasteiger partial charge is 0.319 e. The Bertz CT molecular complexity index is 650. The van der Waals surface area contributed by atoms with E-state index in [1.54, 1.807) is 12.1 Å². The Morgan fingerprint density at radius 3 is 2.60 bits per heavy atom. The predicted octanol–water partition coefficient (Wildman–Crippen LogP) is 3.53. The highest BCUT2D eigenvalue weighted by Gasteiger charge is 2.06. The van der Waals surface area contributed by atoms with Crippen LogP contribution < -0.4 is 10.6 Å². The zero-order valence-corrected chi connectivity index (χ0v) is 11.3. The minimum Gasteiger partial charge on any atom is -0.334 e. The van der Waals surface area contributed by atoms with E-state index in [-0.39, 0.29) is 6.03 Å². The number of nitriles is 1. The highest BCUT2D eigenvalue weighted by atomic mass is 35.5. The van der Waals surface area contributed by atoms with Gasteiger partial charge in [0.15, 0.2) is 0 Å². The fourth-order valence-corrected chi connectivity index (χ4v) is 1.86. The van der Waals surface area contributed by atoms with E-state index in [4.69, 9.17) is 16.9 Å². The fraction of sp³-hybridized carbons (Fsp3) is 0.0667. The number of benzene rings is 2. The lowest BCUT2D eigenvalue weighted by Gasteiger charge is -2.09. The molecule has 0 saturated heterocycles. The molecular formula is C15H12ClN3O. The van der Waals surface area contributed by atoms with Crippen molar-refractivity contribution in [1.82, 2.24) is 5.32 Å². The second kappa shape index (κ2) is 6.60. The van der Waals surface area contributed by atoms with Gasteiger partial charge in [0.25, 0.3) is 0 Å². The molecule has 2 amide bonds. The number of hydrogen-bond acceptors (Lipinski definition) is 2. The summed E-state index contributed by atoms with van der Waals surface area (Å²) in [6.07, 6.45) is 0. The molecule has 2 aromatic rings. The molecule has 0 aliphatic rings. The largest absolute Gasteiger partial charge is 0.334 e. The Morgan fingerprint density at radius 2 is 1.95 bits per heavy atom. The number of halogens is 1. The van der Waals surface area contributed by atoms with Crippen LogP contribution in [0.1, 0.15) is 11.1 Å². The van der Waals surface area contributed by atoms with E-state index >= 15 is 0 Å². The Kier molecular flexibility index (Phi) is 4.59. The van der Waals surface area contributed by atoms with Crippen LogP contribution in [0.5, 0.6) is 0 Å². The minimum absolute atomic E-state index is 0.332. The molecule has 0 aliphatic heterocycles. The zero-order valence-electron chi connectivity index (χ0n) is 10.6. The van der Waals surface area contributed by atoms with Gasteiger partial charge in [-0.25, -0.2) is 4.79 Å². The van der Waals surface area contributed by atoms with E-state index in [2.05, 4.69) is 10.6 Å². The van der Waals surface area contributed by atoms with Gasteiger partial charge >= 0.3 is 6.03 Å². The van der Waals surface area contributed by atoms with E-state index in [0.29, 0.717) is 22.8 Å². The quantitative estimate of drug-likeness (QED) is 0.906. The van der Waals surface area contributed by atoms with Crippen molar-refractivity contribution in [1.29, 1.82) is 5.26 Å². The maximum Gasteiger partial charge on any atom is 0.319 e. The molecule has 0 heterocycles. The van der Waals surface area contributed by atoms with Crippen LogP contribution in [0, 0.1) is 11.3 Å². The molecule has 0 radical (unpaired) electrons. The number of nitrogens with one attached hydrogen (secondary N) is 2. The first-order valence-electron chi connectivity index (χ1n) is 5.97. The van der Waals surface area contributed by atoms with Crippen molar-refractivity contribution < 1.29 is 4.79 Å². The lowest BCUT2D eigenvalue weighted by atomic mass is 10.2. The molecule has 0 fully saturated rings.